The van der Waals surface area contributed by atoms with Crippen molar-refractivity contribution >= 4 is 11.9 Å². The lowest BCUT2D eigenvalue weighted by Gasteiger charge is -2.30. The Kier molecular flexibility index (Phi) is 5.41. The van der Waals surface area contributed by atoms with Crippen molar-refractivity contribution in [3.8, 4) is 0 Å². The minimum atomic E-state index is -0.400. The number of hydrogen-bond donors (Lipinski definition) is 2. The topological polar surface area (TPSA) is 75.4 Å². The van der Waals surface area contributed by atoms with E-state index in [2.05, 4.69) is 36.5 Å². The number of benzene rings is 1. The molecule has 0 aromatic heterocycles. The number of nitrogens with two attached hydrogens (primary N) is 1. The van der Waals surface area contributed by atoms with Crippen LogP contribution in [0.1, 0.15) is 43.9 Å². The van der Waals surface area contributed by atoms with Gasteiger partial charge in [0.25, 0.3) is 0 Å². The maximum atomic E-state index is 12.3. The van der Waals surface area contributed by atoms with Gasteiger partial charge in [0.15, 0.2) is 0 Å². The third-order valence-corrected chi connectivity index (χ3v) is 4.42. The third kappa shape index (κ3) is 4.00. The van der Waals surface area contributed by atoms with E-state index in [9.17, 15) is 9.59 Å². The number of amides is 3. The van der Waals surface area contributed by atoms with Crippen molar-refractivity contribution in [1.82, 2.24) is 10.2 Å². The Morgan fingerprint density at radius 3 is 2.36 bits per heavy atom. The molecule has 120 valence electrons. The van der Waals surface area contributed by atoms with Crippen molar-refractivity contribution in [2.45, 2.75) is 39.2 Å². The van der Waals surface area contributed by atoms with E-state index in [1.807, 2.05) is 6.92 Å². The van der Waals surface area contributed by atoms with Crippen LogP contribution in [0.4, 0.5) is 4.79 Å². The van der Waals surface area contributed by atoms with Gasteiger partial charge in [-0.15, -0.1) is 0 Å². The van der Waals surface area contributed by atoms with Crippen molar-refractivity contribution < 1.29 is 9.59 Å². The molecule has 0 spiro atoms. The predicted molar refractivity (Wildman–Crippen MR) is 86.3 cm³/mol. The van der Waals surface area contributed by atoms with Crippen LogP contribution in [0, 0.1) is 5.92 Å². The summed E-state index contributed by atoms with van der Waals surface area (Å²) < 4.78 is 0. The number of carbonyl (C=O) groups excluding carboxylic acids is 2. The molecule has 3 N–H and O–H groups in total. The number of likely N-dealkylation sites (tertiary alicyclic amines) is 1. The Morgan fingerprint density at radius 2 is 1.86 bits per heavy atom. The van der Waals surface area contributed by atoms with Crippen molar-refractivity contribution in [1.29, 1.82) is 0 Å². The number of piperidine rings is 1. The van der Waals surface area contributed by atoms with Crippen molar-refractivity contribution in [2.75, 3.05) is 13.1 Å². The lowest BCUT2D eigenvalue weighted by molar-refractivity contribution is -0.126. The first-order chi connectivity index (χ1) is 10.5. The van der Waals surface area contributed by atoms with Gasteiger partial charge in [-0.25, -0.2) is 4.79 Å². The van der Waals surface area contributed by atoms with Gasteiger partial charge in [0.05, 0.1) is 6.04 Å². The summed E-state index contributed by atoms with van der Waals surface area (Å²) >= 11 is 0. The molecule has 0 radical (unpaired) electrons. The number of rotatable bonds is 4. The second-order valence-corrected chi connectivity index (χ2v) is 5.92. The summed E-state index contributed by atoms with van der Waals surface area (Å²) in [6.07, 6.45) is 2.37. The first kappa shape index (κ1) is 16.3. The molecule has 0 unspecified atom stereocenters. The van der Waals surface area contributed by atoms with Gasteiger partial charge in [-0.3, -0.25) is 4.79 Å². The molecule has 0 saturated carbocycles. The molecule has 2 rings (SSSR count). The lowest BCUT2D eigenvalue weighted by atomic mass is 9.95. The Hall–Kier alpha value is -2.04. The highest BCUT2D eigenvalue weighted by molar-refractivity contribution is 5.79. The van der Waals surface area contributed by atoms with Crippen LogP contribution < -0.4 is 11.1 Å². The molecule has 1 atom stereocenters. The number of nitrogens with zero attached hydrogens (tertiary/aromatic N) is 1. The minimum Gasteiger partial charge on any atom is -0.351 e. The Balaban J connectivity index is 1.87. The molecule has 3 amide bonds. The fraction of sp³-hybridized carbons (Fsp3) is 0.529. The summed E-state index contributed by atoms with van der Waals surface area (Å²) in [5.74, 6) is 0.0316. The molecule has 1 aromatic carbocycles. The SMILES string of the molecule is CCc1ccc([C@@H](C)NC(=O)C2CCN(C(N)=O)CC2)cc1. The van der Waals surface area contributed by atoms with Crippen molar-refractivity contribution in [2.24, 2.45) is 11.7 Å². The van der Waals surface area contributed by atoms with Crippen molar-refractivity contribution in [3.05, 3.63) is 35.4 Å². The molecule has 22 heavy (non-hydrogen) atoms. The van der Waals surface area contributed by atoms with Crippen LogP contribution in [-0.4, -0.2) is 29.9 Å². The van der Waals surface area contributed by atoms with Crippen LogP contribution in [0.2, 0.25) is 0 Å². The first-order valence-corrected chi connectivity index (χ1v) is 7.94. The number of urea groups is 1. The monoisotopic (exact) mass is 303 g/mol. The van der Waals surface area contributed by atoms with Crippen LogP contribution in [0.3, 0.4) is 0 Å². The fourth-order valence-corrected chi connectivity index (χ4v) is 2.82. The summed E-state index contributed by atoms with van der Waals surface area (Å²) in [6, 6.07) is 7.93. The molecule has 5 heteroatoms. The maximum Gasteiger partial charge on any atom is 0.314 e. The third-order valence-electron chi connectivity index (χ3n) is 4.42. The Morgan fingerprint density at radius 1 is 1.27 bits per heavy atom. The van der Waals surface area contributed by atoms with E-state index in [-0.39, 0.29) is 17.9 Å². The molecule has 0 aliphatic carbocycles. The van der Waals surface area contributed by atoms with Crippen LogP contribution in [0.5, 0.6) is 0 Å². The van der Waals surface area contributed by atoms with Crippen LogP contribution in [0.25, 0.3) is 0 Å². The van der Waals surface area contributed by atoms with Crippen LogP contribution in [0.15, 0.2) is 24.3 Å². The van der Waals surface area contributed by atoms with E-state index in [1.165, 1.54) is 5.56 Å². The van der Waals surface area contributed by atoms with E-state index in [4.69, 9.17) is 5.73 Å². The van der Waals surface area contributed by atoms with Gasteiger partial charge >= 0.3 is 6.03 Å². The minimum absolute atomic E-state index is 0.00687. The molecule has 1 aromatic rings. The Bertz CT molecular complexity index is 519. The zero-order valence-electron chi connectivity index (χ0n) is 13.3. The summed E-state index contributed by atoms with van der Waals surface area (Å²) in [4.78, 5) is 25.0. The fourth-order valence-electron chi connectivity index (χ4n) is 2.82. The molecule has 1 fully saturated rings. The molecule has 1 heterocycles. The molecule has 0 bridgehead atoms. The normalized spacial score (nSPS) is 17.1. The van der Waals surface area contributed by atoms with Crippen LogP contribution in [-0.2, 0) is 11.2 Å². The first-order valence-electron chi connectivity index (χ1n) is 7.94. The highest BCUT2D eigenvalue weighted by Crippen LogP contribution is 2.20. The van der Waals surface area contributed by atoms with E-state index in [0.29, 0.717) is 25.9 Å². The van der Waals surface area contributed by atoms with E-state index in [1.54, 1.807) is 4.90 Å². The summed E-state index contributed by atoms with van der Waals surface area (Å²) in [5.41, 5.74) is 7.66. The van der Waals surface area contributed by atoms with Gasteiger partial charge in [0, 0.05) is 19.0 Å². The lowest BCUT2D eigenvalue weighted by Crippen LogP contribution is -2.45. The summed E-state index contributed by atoms with van der Waals surface area (Å²) in [6.45, 7) is 5.25. The van der Waals surface area contributed by atoms with Crippen molar-refractivity contribution in [3.63, 3.8) is 0 Å². The second-order valence-electron chi connectivity index (χ2n) is 5.92. The van der Waals surface area contributed by atoms with Gasteiger partial charge < -0.3 is 16.0 Å². The molecule has 1 aliphatic heterocycles. The van der Waals surface area contributed by atoms with E-state index < -0.39 is 6.03 Å². The molecule has 1 saturated heterocycles. The number of primary amides is 1. The number of aryl methyl sites for hydroxylation is 1. The highest BCUT2D eigenvalue weighted by atomic mass is 16.2. The van der Waals surface area contributed by atoms with E-state index >= 15 is 0 Å². The smallest absolute Gasteiger partial charge is 0.314 e. The van der Waals surface area contributed by atoms with Gasteiger partial charge in [-0.1, -0.05) is 31.2 Å². The zero-order chi connectivity index (χ0) is 16.1. The van der Waals surface area contributed by atoms with E-state index in [0.717, 1.165) is 12.0 Å². The number of hydrogen-bond acceptors (Lipinski definition) is 2. The molecular weight excluding hydrogens is 278 g/mol. The van der Waals surface area contributed by atoms with Gasteiger partial charge in [-0.2, -0.15) is 0 Å². The molecule has 1 aliphatic rings. The average molecular weight is 303 g/mol. The van der Waals surface area contributed by atoms with Gasteiger partial charge in [0.2, 0.25) is 5.91 Å². The second kappa shape index (κ2) is 7.29. The van der Waals surface area contributed by atoms with Gasteiger partial charge in [-0.05, 0) is 37.3 Å². The zero-order valence-corrected chi connectivity index (χ0v) is 13.3. The quantitative estimate of drug-likeness (QED) is 0.895. The number of nitrogens with one attached hydrogen (secondary N) is 1. The summed E-state index contributed by atoms with van der Waals surface area (Å²) in [5, 5.41) is 3.07. The predicted octanol–water partition coefficient (Wildman–Crippen LogP) is 2.22. The average Bonchev–Trinajstić information content (AvgIpc) is 2.54. The largest absolute Gasteiger partial charge is 0.351 e. The maximum absolute atomic E-state index is 12.3. The number of carbonyl (C=O) groups is 2. The molecular formula is C17H25N3O2. The van der Waals surface area contributed by atoms with Crippen LogP contribution >= 0.6 is 0 Å². The van der Waals surface area contributed by atoms with Gasteiger partial charge in [0.1, 0.15) is 0 Å². The Labute approximate surface area is 131 Å². The standard InChI is InChI=1S/C17H25N3O2/c1-3-13-4-6-14(7-5-13)12(2)19-16(21)15-8-10-20(11-9-15)17(18)22/h4-7,12,15H,3,8-11H2,1-2H3,(H2,18,22)(H,19,21)/t12-/m1/s1. The highest BCUT2D eigenvalue weighted by Gasteiger charge is 2.27. The molecule has 5 nitrogen and oxygen atoms in total. The summed E-state index contributed by atoms with van der Waals surface area (Å²) in [7, 11) is 0.